The van der Waals surface area contributed by atoms with Crippen LogP contribution < -0.4 is 0 Å². The van der Waals surface area contributed by atoms with Gasteiger partial charge in [0.15, 0.2) is 6.10 Å². The number of nitrogens with zero attached hydrogens (tertiary/aromatic N) is 1. The van der Waals surface area contributed by atoms with E-state index in [1.54, 1.807) is 0 Å². The molecule has 0 radical (unpaired) electrons. The molecule has 2 rings (SSSR count). The van der Waals surface area contributed by atoms with E-state index in [4.69, 9.17) is 14.6 Å². The summed E-state index contributed by atoms with van der Waals surface area (Å²) in [7, 11) is 0. The van der Waals surface area contributed by atoms with Gasteiger partial charge in [-0.15, -0.1) is 0 Å². The van der Waals surface area contributed by atoms with Crippen LogP contribution in [0, 0.1) is 0 Å². The van der Waals surface area contributed by atoms with Gasteiger partial charge in [0.05, 0.1) is 13.0 Å². The Morgan fingerprint density at radius 3 is 2.71 bits per heavy atom. The molecule has 1 heterocycles. The standard InChI is InChI=1S/C18H20F3NO6/c1-11(23)28-14(10-15(24)25)16-17(26)22(8-9-27-16)13-6-2-4-12(5-3-7-13)18(19,20)21/h2,5-7,14,16H,3-4,8-10H2,1H3,(H,24,25)/b6-2?,12-5+,13-7+. The normalized spacial score (nSPS) is 25.6. The molecule has 0 spiro atoms. The molecule has 1 fully saturated rings. The van der Waals surface area contributed by atoms with E-state index in [-0.39, 0.29) is 26.0 Å². The van der Waals surface area contributed by atoms with Crippen molar-refractivity contribution in [2.24, 2.45) is 0 Å². The van der Waals surface area contributed by atoms with Crippen molar-refractivity contribution < 1.29 is 42.1 Å². The first-order valence-corrected chi connectivity index (χ1v) is 8.54. The Labute approximate surface area is 159 Å². The van der Waals surface area contributed by atoms with Crippen LogP contribution in [-0.2, 0) is 23.9 Å². The zero-order chi connectivity index (χ0) is 20.9. The maximum absolute atomic E-state index is 12.8. The van der Waals surface area contributed by atoms with Crippen molar-refractivity contribution in [1.29, 1.82) is 0 Å². The van der Waals surface area contributed by atoms with Gasteiger partial charge in [-0.2, -0.15) is 13.2 Å². The monoisotopic (exact) mass is 403 g/mol. The number of esters is 1. The number of aliphatic carboxylic acids is 1. The third kappa shape index (κ3) is 5.69. The van der Waals surface area contributed by atoms with Gasteiger partial charge in [0.1, 0.15) is 6.10 Å². The number of carboxylic acid groups (broad SMARTS) is 1. The highest BCUT2D eigenvalue weighted by Crippen LogP contribution is 2.30. The van der Waals surface area contributed by atoms with E-state index in [1.165, 1.54) is 23.1 Å². The second kappa shape index (κ2) is 9.05. The van der Waals surface area contributed by atoms with E-state index in [0.29, 0.717) is 5.70 Å². The lowest BCUT2D eigenvalue weighted by atomic mass is 10.0. The van der Waals surface area contributed by atoms with Crippen LogP contribution in [0.15, 0.2) is 35.6 Å². The summed E-state index contributed by atoms with van der Waals surface area (Å²) in [6.07, 6.45) is -2.74. The first-order valence-electron chi connectivity index (χ1n) is 8.54. The number of ether oxygens (including phenoxy) is 2. The molecule has 1 aliphatic carbocycles. The number of carboxylic acids is 1. The van der Waals surface area contributed by atoms with E-state index in [0.717, 1.165) is 13.0 Å². The number of carbonyl (C=O) groups is 3. The molecule has 1 amide bonds. The minimum absolute atomic E-state index is 0.0215. The summed E-state index contributed by atoms with van der Waals surface area (Å²) in [6, 6.07) is 0. The lowest BCUT2D eigenvalue weighted by molar-refractivity contribution is -0.174. The fraction of sp³-hybridized carbons (Fsp3) is 0.500. The summed E-state index contributed by atoms with van der Waals surface area (Å²) in [4.78, 5) is 36.4. The molecular weight excluding hydrogens is 383 g/mol. The highest BCUT2D eigenvalue weighted by Gasteiger charge is 2.40. The molecule has 2 atom stereocenters. The zero-order valence-electron chi connectivity index (χ0n) is 15.1. The summed E-state index contributed by atoms with van der Waals surface area (Å²) < 4.78 is 48.8. The lowest BCUT2D eigenvalue weighted by Gasteiger charge is -2.36. The quantitative estimate of drug-likeness (QED) is 0.560. The Hall–Kier alpha value is -2.62. The van der Waals surface area contributed by atoms with Crippen LogP contribution in [0.3, 0.4) is 0 Å². The van der Waals surface area contributed by atoms with Gasteiger partial charge in [-0.3, -0.25) is 14.4 Å². The van der Waals surface area contributed by atoms with Crippen LogP contribution in [0.5, 0.6) is 0 Å². The largest absolute Gasteiger partial charge is 0.481 e. The molecule has 2 unspecified atom stereocenters. The molecule has 1 aliphatic heterocycles. The van der Waals surface area contributed by atoms with Gasteiger partial charge >= 0.3 is 18.1 Å². The summed E-state index contributed by atoms with van der Waals surface area (Å²) in [5.41, 5.74) is -0.283. The minimum Gasteiger partial charge on any atom is -0.481 e. The first-order chi connectivity index (χ1) is 13.1. The summed E-state index contributed by atoms with van der Waals surface area (Å²) in [6.45, 7) is 1.29. The Kier molecular flexibility index (Phi) is 7.00. The predicted octanol–water partition coefficient (Wildman–Crippen LogP) is 2.34. The molecule has 1 N–H and O–H groups in total. The van der Waals surface area contributed by atoms with Crippen molar-refractivity contribution in [3.63, 3.8) is 0 Å². The summed E-state index contributed by atoms with van der Waals surface area (Å²) >= 11 is 0. The third-order valence-corrected chi connectivity index (χ3v) is 4.15. The number of rotatable bonds is 5. The minimum atomic E-state index is -4.41. The SMILES string of the molecule is CC(=O)OC(CC(=O)O)C1OCCN(/C2=C/C/C=C(/C(F)(F)F)CC=C2)C1=O. The average Bonchev–Trinajstić information content (AvgIpc) is 2.52. The van der Waals surface area contributed by atoms with Crippen molar-refractivity contribution >= 4 is 17.8 Å². The van der Waals surface area contributed by atoms with E-state index in [9.17, 15) is 27.6 Å². The molecule has 0 aromatic heterocycles. The number of alkyl halides is 3. The summed E-state index contributed by atoms with van der Waals surface area (Å²) in [5.74, 6) is -2.64. The summed E-state index contributed by atoms with van der Waals surface area (Å²) in [5, 5.41) is 8.99. The van der Waals surface area contributed by atoms with E-state index in [2.05, 4.69) is 0 Å². The molecule has 0 saturated carbocycles. The Balaban J connectivity index is 2.20. The van der Waals surface area contributed by atoms with Crippen LogP contribution in [0.4, 0.5) is 13.2 Å². The van der Waals surface area contributed by atoms with E-state index < -0.39 is 48.2 Å². The third-order valence-electron chi connectivity index (χ3n) is 4.15. The number of carbonyl (C=O) groups excluding carboxylic acids is 2. The number of allylic oxidation sites excluding steroid dienone is 5. The van der Waals surface area contributed by atoms with Crippen molar-refractivity contribution in [3.8, 4) is 0 Å². The number of amides is 1. The molecule has 154 valence electrons. The molecule has 28 heavy (non-hydrogen) atoms. The van der Waals surface area contributed by atoms with Crippen LogP contribution >= 0.6 is 0 Å². The second-order valence-corrected chi connectivity index (χ2v) is 6.23. The number of hydrogen-bond acceptors (Lipinski definition) is 5. The van der Waals surface area contributed by atoms with Crippen molar-refractivity contribution in [3.05, 3.63) is 35.6 Å². The van der Waals surface area contributed by atoms with Crippen molar-refractivity contribution in [2.45, 2.75) is 44.6 Å². The van der Waals surface area contributed by atoms with Crippen molar-refractivity contribution in [2.75, 3.05) is 13.2 Å². The molecule has 0 bridgehead atoms. The predicted molar refractivity (Wildman–Crippen MR) is 89.9 cm³/mol. The fourth-order valence-corrected chi connectivity index (χ4v) is 2.94. The van der Waals surface area contributed by atoms with E-state index >= 15 is 0 Å². The van der Waals surface area contributed by atoms with Crippen LogP contribution in [0.25, 0.3) is 0 Å². The molecular formula is C18H20F3NO6. The molecule has 10 heteroatoms. The maximum Gasteiger partial charge on any atom is 0.412 e. The van der Waals surface area contributed by atoms with E-state index in [1.807, 2.05) is 0 Å². The van der Waals surface area contributed by atoms with Gasteiger partial charge in [0.2, 0.25) is 0 Å². The Morgan fingerprint density at radius 1 is 1.39 bits per heavy atom. The van der Waals surface area contributed by atoms with Crippen LogP contribution in [-0.4, -0.2) is 59.4 Å². The molecule has 2 aliphatic rings. The maximum atomic E-state index is 12.8. The lowest BCUT2D eigenvalue weighted by Crippen LogP contribution is -2.53. The van der Waals surface area contributed by atoms with Gasteiger partial charge in [-0.05, 0) is 18.9 Å². The van der Waals surface area contributed by atoms with Gasteiger partial charge in [0.25, 0.3) is 5.91 Å². The smallest absolute Gasteiger partial charge is 0.412 e. The van der Waals surface area contributed by atoms with Crippen LogP contribution in [0.2, 0.25) is 0 Å². The van der Waals surface area contributed by atoms with Gasteiger partial charge in [0, 0.05) is 24.7 Å². The average molecular weight is 403 g/mol. The highest BCUT2D eigenvalue weighted by molar-refractivity contribution is 5.85. The molecule has 7 nitrogen and oxygen atoms in total. The fourth-order valence-electron chi connectivity index (χ4n) is 2.94. The number of hydrogen-bond donors (Lipinski definition) is 1. The molecule has 1 saturated heterocycles. The van der Waals surface area contributed by atoms with Gasteiger partial charge < -0.3 is 19.5 Å². The van der Waals surface area contributed by atoms with Gasteiger partial charge in [-0.1, -0.05) is 18.2 Å². The van der Waals surface area contributed by atoms with Gasteiger partial charge in [-0.25, -0.2) is 0 Å². The zero-order valence-corrected chi connectivity index (χ0v) is 15.1. The Bertz CT molecular complexity index is 709. The van der Waals surface area contributed by atoms with Crippen LogP contribution in [0.1, 0.15) is 26.2 Å². The first kappa shape index (κ1) is 21.7. The highest BCUT2D eigenvalue weighted by atomic mass is 19.4. The molecule has 0 aromatic carbocycles. The second-order valence-electron chi connectivity index (χ2n) is 6.23. The number of morpholine rings is 1. The number of halogens is 3. The molecule has 0 aromatic rings. The van der Waals surface area contributed by atoms with Crippen molar-refractivity contribution in [1.82, 2.24) is 4.90 Å². The topological polar surface area (TPSA) is 93.1 Å². The Morgan fingerprint density at radius 2 is 2.11 bits per heavy atom.